The molecule has 2 N–H and O–H groups in total. The van der Waals surface area contributed by atoms with Gasteiger partial charge in [-0.2, -0.15) is 0 Å². The molecule has 1 aromatic carbocycles. The number of ether oxygens (including phenoxy) is 3. The third-order valence-electron chi connectivity index (χ3n) is 6.50. The molecule has 186 valence electrons. The third kappa shape index (κ3) is 6.20. The first-order valence-corrected chi connectivity index (χ1v) is 12.8. The highest BCUT2D eigenvalue weighted by atomic mass is 32.1. The van der Waals surface area contributed by atoms with Crippen LogP contribution in [0.1, 0.15) is 38.7 Å². The largest absolute Gasteiger partial charge is 0.486 e. The molecule has 0 saturated carbocycles. The van der Waals surface area contributed by atoms with E-state index in [-0.39, 0.29) is 11.7 Å². The Morgan fingerprint density at radius 1 is 1.15 bits per heavy atom. The maximum absolute atomic E-state index is 12.9. The molecule has 0 bridgehead atoms. The standard InChI is InChI=1S/C25H36N4O4S/c1-3-28(4-2)9-6-8-26-25(34)29(17-20-7-5-10-31-20)16-19-13-18-14-22-23(33-12-11-32-22)15-21(18)27-24(19)30/h13-15,20H,3-12,16-17H2,1-2H3,(H,26,34)(H,27,30)/t20-/m1/s1. The van der Waals surface area contributed by atoms with Crippen LogP contribution in [-0.4, -0.2) is 78.5 Å². The topological polar surface area (TPSA) is 79.1 Å². The second-order valence-electron chi connectivity index (χ2n) is 8.83. The highest BCUT2D eigenvalue weighted by molar-refractivity contribution is 7.80. The van der Waals surface area contributed by atoms with Gasteiger partial charge in [0.2, 0.25) is 0 Å². The number of aromatic amines is 1. The van der Waals surface area contributed by atoms with Crippen LogP contribution in [0.5, 0.6) is 11.5 Å². The summed E-state index contributed by atoms with van der Waals surface area (Å²) in [5, 5.41) is 4.98. The van der Waals surface area contributed by atoms with Crippen LogP contribution >= 0.6 is 12.2 Å². The lowest BCUT2D eigenvalue weighted by Gasteiger charge is -2.28. The molecule has 2 aliphatic heterocycles. The predicted molar refractivity (Wildman–Crippen MR) is 138 cm³/mol. The van der Waals surface area contributed by atoms with E-state index in [4.69, 9.17) is 26.4 Å². The number of H-pyrrole nitrogens is 1. The van der Waals surface area contributed by atoms with Crippen LogP contribution in [0, 0.1) is 0 Å². The molecule has 0 unspecified atom stereocenters. The predicted octanol–water partition coefficient (Wildman–Crippen LogP) is 2.89. The van der Waals surface area contributed by atoms with Crippen molar-refractivity contribution in [3.8, 4) is 11.5 Å². The van der Waals surface area contributed by atoms with Crippen molar-refractivity contribution in [1.82, 2.24) is 20.1 Å². The summed E-state index contributed by atoms with van der Waals surface area (Å²) in [4.78, 5) is 20.4. The van der Waals surface area contributed by atoms with Crippen LogP contribution in [0.4, 0.5) is 0 Å². The average Bonchev–Trinajstić information content (AvgIpc) is 3.36. The van der Waals surface area contributed by atoms with Gasteiger partial charge in [-0.1, -0.05) is 13.8 Å². The maximum Gasteiger partial charge on any atom is 0.253 e. The van der Waals surface area contributed by atoms with Crippen molar-refractivity contribution in [2.75, 3.05) is 52.5 Å². The Bertz CT molecular complexity index is 1030. The van der Waals surface area contributed by atoms with Crippen LogP contribution in [0.3, 0.4) is 0 Å². The van der Waals surface area contributed by atoms with Gasteiger partial charge in [0.15, 0.2) is 16.6 Å². The van der Waals surface area contributed by atoms with Crippen molar-refractivity contribution < 1.29 is 14.2 Å². The zero-order valence-electron chi connectivity index (χ0n) is 20.2. The van der Waals surface area contributed by atoms with Gasteiger partial charge in [0.25, 0.3) is 5.56 Å². The number of thiocarbonyl (C=S) groups is 1. The number of hydrogen-bond acceptors (Lipinski definition) is 6. The lowest BCUT2D eigenvalue weighted by Crippen LogP contribution is -2.44. The quantitative estimate of drug-likeness (QED) is 0.391. The summed E-state index contributed by atoms with van der Waals surface area (Å²) in [6, 6.07) is 5.69. The highest BCUT2D eigenvalue weighted by Gasteiger charge is 2.22. The Balaban J connectivity index is 1.48. The molecule has 3 heterocycles. The molecular weight excluding hydrogens is 452 g/mol. The van der Waals surface area contributed by atoms with Gasteiger partial charge >= 0.3 is 0 Å². The molecule has 1 aromatic heterocycles. The van der Waals surface area contributed by atoms with E-state index in [0.717, 1.165) is 63.0 Å². The molecule has 1 saturated heterocycles. The molecule has 4 rings (SSSR count). The minimum absolute atomic E-state index is 0.120. The summed E-state index contributed by atoms with van der Waals surface area (Å²) in [7, 11) is 0. The fourth-order valence-electron chi connectivity index (χ4n) is 4.51. The maximum atomic E-state index is 12.9. The fraction of sp³-hybridized carbons (Fsp3) is 0.600. The number of fused-ring (bicyclic) bond motifs is 2. The molecule has 2 aliphatic rings. The van der Waals surface area contributed by atoms with Gasteiger partial charge in [-0.25, -0.2) is 0 Å². The molecule has 8 nitrogen and oxygen atoms in total. The fourth-order valence-corrected chi connectivity index (χ4v) is 4.76. The van der Waals surface area contributed by atoms with Gasteiger partial charge in [-0.3, -0.25) is 4.79 Å². The van der Waals surface area contributed by atoms with Gasteiger partial charge in [0.1, 0.15) is 13.2 Å². The van der Waals surface area contributed by atoms with Crippen molar-refractivity contribution in [2.24, 2.45) is 0 Å². The number of aromatic nitrogens is 1. The van der Waals surface area contributed by atoms with Crippen molar-refractivity contribution in [1.29, 1.82) is 0 Å². The third-order valence-corrected chi connectivity index (χ3v) is 6.90. The van der Waals surface area contributed by atoms with E-state index in [1.165, 1.54) is 0 Å². The average molecular weight is 489 g/mol. The molecule has 1 fully saturated rings. The first-order valence-electron chi connectivity index (χ1n) is 12.4. The lowest BCUT2D eigenvalue weighted by molar-refractivity contribution is 0.0896. The first-order chi connectivity index (χ1) is 16.6. The Kier molecular flexibility index (Phi) is 8.64. The Morgan fingerprint density at radius 2 is 1.91 bits per heavy atom. The molecule has 1 atom stereocenters. The van der Waals surface area contributed by atoms with E-state index >= 15 is 0 Å². The normalized spacial score (nSPS) is 17.3. The number of nitrogens with one attached hydrogen (secondary N) is 2. The zero-order chi connectivity index (χ0) is 23.9. The summed E-state index contributed by atoms with van der Waals surface area (Å²) in [5.74, 6) is 1.37. The molecule has 9 heteroatoms. The van der Waals surface area contributed by atoms with Gasteiger partial charge < -0.3 is 34.3 Å². The Hall–Kier alpha value is -2.36. The van der Waals surface area contributed by atoms with E-state index in [1.54, 1.807) is 0 Å². The summed E-state index contributed by atoms with van der Waals surface area (Å²) >= 11 is 5.76. The second kappa shape index (κ2) is 11.9. The highest BCUT2D eigenvalue weighted by Crippen LogP contribution is 2.33. The minimum atomic E-state index is -0.120. The van der Waals surface area contributed by atoms with Gasteiger partial charge in [0, 0.05) is 36.7 Å². The van der Waals surface area contributed by atoms with Crippen LogP contribution < -0.4 is 20.3 Å². The summed E-state index contributed by atoms with van der Waals surface area (Å²) in [6.45, 7) is 11.2. The Labute approximate surface area is 206 Å². The van der Waals surface area contributed by atoms with Crippen LogP contribution in [0.25, 0.3) is 10.9 Å². The summed E-state index contributed by atoms with van der Waals surface area (Å²) < 4.78 is 17.2. The van der Waals surface area contributed by atoms with Crippen LogP contribution in [-0.2, 0) is 11.3 Å². The van der Waals surface area contributed by atoms with E-state index in [1.807, 2.05) is 18.2 Å². The molecular formula is C25H36N4O4S. The summed E-state index contributed by atoms with van der Waals surface area (Å²) in [6.07, 6.45) is 3.22. The first kappa shape index (κ1) is 24.8. The number of benzene rings is 1. The molecule has 0 aliphatic carbocycles. The zero-order valence-corrected chi connectivity index (χ0v) is 21.0. The van der Waals surface area contributed by atoms with Crippen LogP contribution in [0.15, 0.2) is 23.0 Å². The van der Waals surface area contributed by atoms with Crippen LogP contribution in [0.2, 0.25) is 0 Å². The van der Waals surface area contributed by atoms with Gasteiger partial charge in [0.05, 0.1) is 18.2 Å². The molecule has 0 amide bonds. The SMILES string of the molecule is CCN(CC)CCCNC(=S)N(Cc1cc2cc3c(cc2[nH]c1=O)OCCO3)C[C@H]1CCCO1. The van der Waals surface area contributed by atoms with E-state index < -0.39 is 0 Å². The minimum Gasteiger partial charge on any atom is -0.486 e. The Morgan fingerprint density at radius 3 is 2.62 bits per heavy atom. The monoisotopic (exact) mass is 488 g/mol. The smallest absolute Gasteiger partial charge is 0.253 e. The van der Waals surface area contributed by atoms with E-state index in [9.17, 15) is 4.79 Å². The number of nitrogens with zero attached hydrogens (tertiary/aromatic N) is 2. The van der Waals surface area contributed by atoms with Gasteiger partial charge in [-0.15, -0.1) is 0 Å². The van der Waals surface area contributed by atoms with Crippen molar-refractivity contribution in [2.45, 2.75) is 45.8 Å². The lowest BCUT2D eigenvalue weighted by atomic mass is 10.1. The number of rotatable bonds is 10. The molecule has 0 spiro atoms. The number of pyridine rings is 1. The van der Waals surface area contributed by atoms with Crippen molar-refractivity contribution >= 4 is 28.2 Å². The van der Waals surface area contributed by atoms with Gasteiger partial charge in [-0.05, 0) is 63.2 Å². The van der Waals surface area contributed by atoms with E-state index in [0.29, 0.717) is 48.5 Å². The van der Waals surface area contributed by atoms with E-state index in [2.05, 4.69) is 33.9 Å². The van der Waals surface area contributed by atoms with Crippen molar-refractivity contribution in [3.63, 3.8) is 0 Å². The van der Waals surface area contributed by atoms with Crippen molar-refractivity contribution in [3.05, 3.63) is 34.1 Å². The second-order valence-corrected chi connectivity index (χ2v) is 9.22. The molecule has 2 aromatic rings. The molecule has 0 radical (unpaired) electrons. The molecule has 34 heavy (non-hydrogen) atoms. The number of hydrogen-bond donors (Lipinski definition) is 2. The summed E-state index contributed by atoms with van der Waals surface area (Å²) in [5.41, 5.74) is 1.28.